The standard InChI is InChI=1S/C9H12O4Si/c1-12-14-9-5-3-2-4-6(9)7(10)13-8(9)11/h2,4,6H,3,5,14H2,1H3. The summed E-state index contributed by atoms with van der Waals surface area (Å²) in [6.07, 6.45) is 5.25. The highest BCUT2D eigenvalue weighted by Crippen LogP contribution is 2.49. The van der Waals surface area contributed by atoms with E-state index < -0.39 is 20.8 Å². The highest BCUT2D eigenvalue weighted by atomic mass is 28.2. The third-order valence-corrected chi connectivity index (χ3v) is 4.82. The molecule has 1 heterocycles. The average molecular weight is 212 g/mol. The molecule has 1 aliphatic heterocycles. The van der Waals surface area contributed by atoms with Gasteiger partial charge in [-0.25, -0.2) is 0 Å². The predicted molar refractivity (Wildman–Crippen MR) is 51.2 cm³/mol. The largest absolute Gasteiger partial charge is 0.426 e. The molecule has 0 saturated carbocycles. The van der Waals surface area contributed by atoms with E-state index in [2.05, 4.69) is 4.74 Å². The van der Waals surface area contributed by atoms with E-state index in [0.717, 1.165) is 6.42 Å². The van der Waals surface area contributed by atoms with E-state index in [4.69, 9.17) is 4.43 Å². The molecule has 0 bridgehead atoms. The third kappa shape index (κ3) is 1.16. The van der Waals surface area contributed by atoms with Gasteiger partial charge in [-0.2, -0.15) is 0 Å². The number of rotatable bonds is 2. The van der Waals surface area contributed by atoms with Crippen LogP contribution >= 0.6 is 0 Å². The first-order valence-corrected chi connectivity index (χ1v) is 5.91. The van der Waals surface area contributed by atoms with Crippen molar-refractivity contribution in [1.82, 2.24) is 0 Å². The second-order valence-corrected chi connectivity index (χ2v) is 5.87. The van der Waals surface area contributed by atoms with E-state index in [0.29, 0.717) is 6.42 Å². The van der Waals surface area contributed by atoms with Crippen LogP contribution in [0, 0.1) is 5.92 Å². The molecule has 2 aliphatic rings. The Morgan fingerprint density at radius 1 is 1.64 bits per heavy atom. The molecule has 0 aromatic carbocycles. The van der Waals surface area contributed by atoms with Gasteiger partial charge in [-0.05, 0) is 12.8 Å². The number of hydrogen-bond acceptors (Lipinski definition) is 4. The summed E-state index contributed by atoms with van der Waals surface area (Å²) in [5.41, 5.74) is 0. The Kier molecular flexibility index (Phi) is 2.28. The minimum absolute atomic E-state index is 0.370. The second kappa shape index (κ2) is 3.32. The smallest absolute Gasteiger partial charge is 0.321 e. The molecule has 2 rings (SSSR count). The monoisotopic (exact) mass is 212 g/mol. The van der Waals surface area contributed by atoms with Crippen molar-refractivity contribution >= 4 is 21.7 Å². The molecule has 76 valence electrons. The van der Waals surface area contributed by atoms with E-state index >= 15 is 0 Å². The lowest BCUT2D eigenvalue weighted by molar-refractivity contribution is -0.153. The SMILES string of the molecule is CO[SiH2]C12CCC=CC1C(=O)OC2=O. The zero-order valence-electron chi connectivity index (χ0n) is 7.99. The number of cyclic esters (lactones) is 2. The van der Waals surface area contributed by atoms with Crippen LogP contribution in [0.25, 0.3) is 0 Å². The van der Waals surface area contributed by atoms with Crippen molar-refractivity contribution in [3.05, 3.63) is 12.2 Å². The van der Waals surface area contributed by atoms with E-state index in [9.17, 15) is 9.59 Å². The van der Waals surface area contributed by atoms with Gasteiger partial charge in [0, 0.05) is 7.11 Å². The summed E-state index contributed by atoms with van der Waals surface area (Å²) < 4.78 is 9.85. The van der Waals surface area contributed by atoms with Crippen molar-refractivity contribution < 1.29 is 18.8 Å². The minimum Gasteiger partial charge on any atom is -0.426 e. The lowest BCUT2D eigenvalue weighted by Crippen LogP contribution is -2.34. The number of hydrogen-bond donors (Lipinski definition) is 0. The molecule has 4 nitrogen and oxygen atoms in total. The van der Waals surface area contributed by atoms with Crippen LogP contribution < -0.4 is 0 Å². The van der Waals surface area contributed by atoms with Crippen molar-refractivity contribution in [2.24, 2.45) is 5.92 Å². The molecule has 1 aliphatic carbocycles. The van der Waals surface area contributed by atoms with Crippen LogP contribution in [-0.4, -0.2) is 28.8 Å². The molecule has 0 N–H and O–H groups in total. The van der Waals surface area contributed by atoms with Crippen molar-refractivity contribution in [2.75, 3.05) is 7.11 Å². The van der Waals surface area contributed by atoms with Crippen LogP contribution in [0.1, 0.15) is 12.8 Å². The fourth-order valence-electron chi connectivity index (χ4n) is 2.18. The molecule has 1 saturated heterocycles. The normalized spacial score (nSPS) is 36.5. The van der Waals surface area contributed by atoms with Crippen molar-refractivity contribution in [3.63, 3.8) is 0 Å². The summed E-state index contributed by atoms with van der Waals surface area (Å²) >= 11 is 0. The Labute approximate surface area is 84.2 Å². The zero-order chi connectivity index (χ0) is 10.2. The summed E-state index contributed by atoms with van der Waals surface area (Å²) in [5.74, 6) is -1.16. The molecular weight excluding hydrogens is 200 g/mol. The first-order valence-electron chi connectivity index (χ1n) is 4.62. The number of allylic oxidation sites excluding steroid dienone is 1. The van der Waals surface area contributed by atoms with Gasteiger partial charge in [-0.15, -0.1) is 0 Å². The van der Waals surface area contributed by atoms with Gasteiger partial charge in [0.15, 0.2) is 9.76 Å². The summed E-state index contributed by atoms with van der Waals surface area (Å²) in [5, 5.41) is -0.611. The lowest BCUT2D eigenvalue weighted by atomic mass is 9.85. The van der Waals surface area contributed by atoms with E-state index in [1.165, 1.54) is 0 Å². The molecule has 0 aromatic rings. The Morgan fingerprint density at radius 3 is 3.14 bits per heavy atom. The van der Waals surface area contributed by atoms with Gasteiger partial charge in [-0.3, -0.25) is 9.59 Å². The maximum atomic E-state index is 11.6. The Balaban J connectivity index is 2.37. The third-order valence-electron chi connectivity index (χ3n) is 2.94. The molecule has 0 radical (unpaired) electrons. The molecular formula is C9H12O4Si. The van der Waals surface area contributed by atoms with Crippen LogP contribution in [0.5, 0.6) is 0 Å². The number of carbonyl (C=O) groups is 2. The van der Waals surface area contributed by atoms with E-state index in [-0.39, 0.29) is 11.9 Å². The molecule has 0 aromatic heterocycles. The van der Waals surface area contributed by atoms with Crippen LogP contribution in [0.4, 0.5) is 0 Å². The van der Waals surface area contributed by atoms with E-state index in [1.807, 2.05) is 6.08 Å². The van der Waals surface area contributed by atoms with Crippen LogP contribution in [0.15, 0.2) is 12.2 Å². The Hall–Kier alpha value is -0.943. The highest BCUT2D eigenvalue weighted by molar-refractivity contribution is 6.43. The topological polar surface area (TPSA) is 52.6 Å². The molecule has 1 fully saturated rings. The molecule has 5 heteroatoms. The molecule has 0 spiro atoms. The van der Waals surface area contributed by atoms with Gasteiger partial charge < -0.3 is 9.16 Å². The first kappa shape index (κ1) is 9.61. The van der Waals surface area contributed by atoms with Crippen LogP contribution in [-0.2, 0) is 18.8 Å². The Morgan fingerprint density at radius 2 is 2.43 bits per heavy atom. The van der Waals surface area contributed by atoms with Gasteiger partial charge >= 0.3 is 11.9 Å². The van der Waals surface area contributed by atoms with Gasteiger partial charge in [0.1, 0.15) is 0 Å². The second-order valence-electron chi connectivity index (χ2n) is 3.74. The number of esters is 2. The Bertz CT molecular complexity index is 312. The molecule has 0 amide bonds. The van der Waals surface area contributed by atoms with Gasteiger partial charge in [0.2, 0.25) is 0 Å². The molecule has 2 atom stereocenters. The number of ether oxygens (including phenoxy) is 1. The van der Waals surface area contributed by atoms with Gasteiger partial charge in [0.05, 0.1) is 11.0 Å². The highest BCUT2D eigenvalue weighted by Gasteiger charge is 2.57. The minimum atomic E-state index is -1.04. The summed E-state index contributed by atoms with van der Waals surface area (Å²) in [6, 6.07) is 0. The van der Waals surface area contributed by atoms with Crippen LogP contribution in [0.2, 0.25) is 5.04 Å². The summed E-state index contributed by atoms with van der Waals surface area (Å²) in [4.78, 5) is 23.0. The van der Waals surface area contributed by atoms with Gasteiger partial charge in [0.25, 0.3) is 0 Å². The fraction of sp³-hybridized carbons (Fsp3) is 0.556. The summed E-state index contributed by atoms with van der Waals surface area (Å²) in [7, 11) is 0.548. The maximum absolute atomic E-state index is 11.6. The van der Waals surface area contributed by atoms with Crippen molar-refractivity contribution in [1.29, 1.82) is 0 Å². The molecule has 2 unspecified atom stereocenters. The van der Waals surface area contributed by atoms with Crippen molar-refractivity contribution in [2.45, 2.75) is 17.9 Å². The quantitative estimate of drug-likeness (QED) is 0.278. The average Bonchev–Trinajstić information content (AvgIpc) is 2.41. The zero-order valence-corrected chi connectivity index (χ0v) is 9.40. The van der Waals surface area contributed by atoms with Gasteiger partial charge in [-0.1, -0.05) is 12.2 Å². The first-order chi connectivity index (χ1) is 6.70. The number of carbonyl (C=O) groups excluding carboxylic acids is 2. The van der Waals surface area contributed by atoms with Crippen molar-refractivity contribution in [3.8, 4) is 0 Å². The number of fused-ring (bicyclic) bond motifs is 1. The lowest BCUT2D eigenvalue weighted by Gasteiger charge is -2.28. The fourth-order valence-corrected chi connectivity index (χ4v) is 3.72. The summed E-state index contributed by atoms with van der Waals surface area (Å²) in [6.45, 7) is 0. The predicted octanol–water partition coefficient (Wildman–Crippen LogP) is -0.0751. The maximum Gasteiger partial charge on any atom is 0.321 e. The van der Waals surface area contributed by atoms with Crippen LogP contribution in [0.3, 0.4) is 0 Å². The molecule has 14 heavy (non-hydrogen) atoms. The van der Waals surface area contributed by atoms with E-state index in [1.54, 1.807) is 13.2 Å².